The first-order valence-corrected chi connectivity index (χ1v) is 5.81. The van der Waals surface area contributed by atoms with Gasteiger partial charge in [-0.15, -0.1) is 0 Å². The minimum Gasteiger partial charge on any atom is -0.481 e. The highest BCUT2D eigenvalue weighted by Gasteiger charge is 2.13. The number of carbonyl (C=O) groups excluding carboxylic acids is 1. The monoisotopic (exact) mass is 266 g/mol. The lowest BCUT2D eigenvalue weighted by Gasteiger charge is -2.18. The van der Waals surface area contributed by atoms with E-state index < -0.39 is 25.0 Å². The molecule has 0 aromatic rings. The first-order chi connectivity index (χ1) is 8.32. The van der Waals surface area contributed by atoms with Crippen LogP contribution in [0.5, 0.6) is 0 Å². The van der Waals surface area contributed by atoms with Crippen molar-refractivity contribution in [3.05, 3.63) is 0 Å². The minimum absolute atomic E-state index is 0.0976. The quantitative estimate of drug-likeness (QED) is 0.703. The standard InChI is InChI=1S/C11H20F2N2O3/c1-8(3-4-10(16)17)5-6-14-11(18)15(2)7-9(12)13/h8-9H,3-7H2,1-2H3,(H,14,18)(H,16,17). The van der Waals surface area contributed by atoms with Crippen LogP contribution in [0.25, 0.3) is 0 Å². The Morgan fingerprint density at radius 3 is 2.44 bits per heavy atom. The van der Waals surface area contributed by atoms with E-state index in [9.17, 15) is 18.4 Å². The van der Waals surface area contributed by atoms with Gasteiger partial charge >= 0.3 is 12.0 Å². The molecular formula is C11H20F2N2O3. The van der Waals surface area contributed by atoms with E-state index in [1.165, 1.54) is 7.05 Å². The molecule has 0 bridgehead atoms. The number of carboxylic acid groups (broad SMARTS) is 1. The number of urea groups is 1. The van der Waals surface area contributed by atoms with Crippen LogP contribution >= 0.6 is 0 Å². The third kappa shape index (κ3) is 8.72. The number of nitrogens with one attached hydrogen (secondary N) is 1. The lowest BCUT2D eigenvalue weighted by atomic mass is 10.0. The average molecular weight is 266 g/mol. The third-order valence-electron chi connectivity index (χ3n) is 2.52. The van der Waals surface area contributed by atoms with Gasteiger partial charge < -0.3 is 15.3 Å². The molecule has 0 aromatic carbocycles. The maximum Gasteiger partial charge on any atom is 0.317 e. The van der Waals surface area contributed by atoms with Gasteiger partial charge in [-0.1, -0.05) is 6.92 Å². The average Bonchev–Trinajstić information content (AvgIpc) is 2.25. The summed E-state index contributed by atoms with van der Waals surface area (Å²) in [4.78, 5) is 22.6. The molecule has 2 amide bonds. The van der Waals surface area contributed by atoms with Crippen LogP contribution in [-0.4, -0.2) is 48.6 Å². The Labute approximate surface area is 105 Å². The summed E-state index contributed by atoms with van der Waals surface area (Å²) in [5, 5.41) is 11.0. The van der Waals surface area contributed by atoms with E-state index in [4.69, 9.17) is 5.11 Å². The summed E-state index contributed by atoms with van der Waals surface area (Å²) in [6, 6.07) is -0.541. The summed E-state index contributed by atoms with van der Waals surface area (Å²) in [6.07, 6.45) is -1.28. The zero-order valence-corrected chi connectivity index (χ0v) is 10.7. The molecule has 5 nitrogen and oxygen atoms in total. The molecule has 0 rings (SSSR count). The predicted molar refractivity (Wildman–Crippen MR) is 62.7 cm³/mol. The molecule has 1 atom stereocenters. The van der Waals surface area contributed by atoms with Gasteiger partial charge in [-0.3, -0.25) is 4.79 Å². The fourth-order valence-corrected chi connectivity index (χ4v) is 1.36. The molecule has 0 saturated heterocycles. The van der Waals surface area contributed by atoms with Crippen molar-refractivity contribution in [1.82, 2.24) is 10.2 Å². The molecule has 0 aliphatic rings. The van der Waals surface area contributed by atoms with E-state index >= 15 is 0 Å². The highest BCUT2D eigenvalue weighted by Crippen LogP contribution is 2.09. The molecule has 0 heterocycles. The highest BCUT2D eigenvalue weighted by molar-refractivity contribution is 5.73. The summed E-state index contributed by atoms with van der Waals surface area (Å²) in [5.74, 6) is -0.677. The summed E-state index contributed by atoms with van der Waals surface area (Å²) >= 11 is 0. The van der Waals surface area contributed by atoms with Crippen LogP contribution in [0.4, 0.5) is 13.6 Å². The first-order valence-electron chi connectivity index (χ1n) is 5.81. The molecule has 0 aliphatic heterocycles. The fraction of sp³-hybridized carbons (Fsp3) is 0.818. The van der Waals surface area contributed by atoms with E-state index in [1.54, 1.807) is 0 Å². The van der Waals surface area contributed by atoms with Crippen LogP contribution < -0.4 is 5.32 Å². The van der Waals surface area contributed by atoms with Gasteiger partial charge in [0, 0.05) is 20.0 Å². The Morgan fingerprint density at radius 1 is 1.33 bits per heavy atom. The molecule has 0 aromatic heterocycles. The van der Waals surface area contributed by atoms with E-state index in [0.29, 0.717) is 19.4 Å². The molecular weight excluding hydrogens is 246 g/mol. The molecule has 0 aliphatic carbocycles. The molecule has 7 heteroatoms. The number of hydrogen-bond acceptors (Lipinski definition) is 2. The smallest absolute Gasteiger partial charge is 0.317 e. The number of carboxylic acids is 1. The highest BCUT2D eigenvalue weighted by atomic mass is 19.3. The zero-order valence-electron chi connectivity index (χ0n) is 10.7. The molecule has 0 fully saturated rings. The van der Waals surface area contributed by atoms with E-state index in [1.807, 2.05) is 6.92 Å². The Kier molecular flexibility index (Phi) is 7.98. The van der Waals surface area contributed by atoms with E-state index in [0.717, 1.165) is 4.90 Å². The fourth-order valence-electron chi connectivity index (χ4n) is 1.36. The van der Waals surface area contributed by atoms with Crippen LogP contribution in [0.1, 0.15) is 26.2 Å². The summed E-state index contributed by atoms with van der Waals surface area (Å²) in [7, 11) is 1.30. The van der Waals surface area contributed by atoms with E-state index in [-0.39, 0.29) is 12.3 Å². The number of carbonyl (C=O) groups is 2. The van der Waals surface area contributed by atoms with Crippen molar-refractivity contribution in [3.63, 3.8) is 0 Å². The Balaban J connectivity index is 3.70. The number of nitrogens with zero attached hydrogens (tertiary/aromatic N) is 1. The maximum absolute atomic E-state index is 12.0. The van der Waals surface area contributed by atoms with Gasteiger partial charge in [0.05, 0.1) is 6.54 Å². The second-order valence-electron chi connectivity index (χ2n) is 4.33. The Bertz CT molecular complexity index is 275. The van der Waals surface area contributed by atoms with Gasteiger partial charge in [0.25, 0.3) is 6.43 Å². The predicted octanol–water partition coefficient (Wildman–Crippen LogP) is 1.78. The maximum atomic E-state index is 12.0. The summed E-state index contributed by atoms with van der Waals surface area (Å²) in [6.45, 7) is 1.64. The minimum atomic E-state index is -2.55. The van der Waals surface area contributed by atoms with Crippen LogP contribution in [0, 0.1) is 5.92 Å². The second-order valence-corrected chi connectivity index (χ2v) is 4.33. The summed E-state index contributed by atoms with van der Waals surface area (Å²) < 4.78 is 24.0. The van der Waals surface area contributed by atoms with Gasteiger partial charge in [0.1, 0.15) is 0 Å². The van der Waals surface area contributed by atoms with Crippen molar-refractivity contribution in [3.8, 4) is 0 Å². The molecule has 0 spiro atoms. The number of hydrogen-bond donors (Lipinski definition) is 2. The van der Waals surface area contributed by atoms with Crippen molar-refractivity contribution in [2.45, 2.75) is 32.6 Å². The molecule has 1 unspecified atom stereocenters. The first kappa shape index (κ1) is 16.6. The number of amides is 2. The van der Waals surface area contributed by atoms with Gasteiger partial charge in [-0.25, -0.2) is 13.6 Å². The number of rotatable bonds is 8. The van der Waals surface area contributed by atoms with Crippen molar-refractivity contribution in [2.75, 3.05) is 20.1 Å². The largest absolute Gasteiger partial charge is 0.481 e. The normalized spacial score (nSPS) is 12.3. The van der Waals surface area contributed by atoms with Crippen molar-refractivity contribution >= 4 is 12.0 Å². The van der Waals surface area contributed by atoms with Gasteiger partial charge in [0.2, 0.25) is 0 Å². The van der Waals surface area contributed by atoms with Gasteiger partial charge in [-0.2, -0.15) is 0 Å². The molecule has 2 N–H and O–H groups in total. The van der Waals surface area contributed by atoms with Crippen molar-refractivity contribution in [1.29, 1.82) is 0 Å². The lowest BCUT2D eigenvalue weighted by Crippen LogP contribution is -2.40. The second kappa shape index (κ2) is 8.66. The molecule has 0 saturated carbocycles. The molecule has 18 heavy (non-hydrogen) atoms. The Hall–Kier alpha value is -1.40. The van der Waals surface area contributed by atoms with Crippen LogP contribution in [-0.2, 0) is 4.79 Å². The zero-order chi connectivity index (χ0) is 14.1. The van der Waals surface area contributed by atoms with Crippen molar-refractivity contribution < 1.29 is 23.5 Å². The topological polar surface area (TPSA) is 69.6 Å². The van der Waals surface area contributed by atoms with Gasteiger partial charge in [0.15, 0.2) is 0 Å². The van der Waals surface area contributed by atoms with Crippen molar-refractivity contribution in [2.24, 2.45) is 5.92 Å². The van der Waals surface area contributed by atoms with Gasteiger partial charge in [-0.05, 0) is 18.8 Å². The van der Waals surface area contributed by atoms with Crippen LogP contribution in [0.15, 0.2) is 0 Å². The lowest BCUT2D eigenvalue weighted by molar-refractivity contribution is -0.137. The van der Waals surface area contributed by atoms with Crippen LogP contribution in [0.3, 0.4) is 0 Å². The molecule has 0 radical (unpaired) electrons. The number of halogens is 2. The third-order valence-corrected chi connectivity index (χ3v) is 2.52. The van der Waals surface area contributed by atoms with E-state index in [2.05, 4.69) is 5.32 Å². The summed E-state index contributed by atoms with van der Waals surface area (Å²) in [5.41, 5.74) is 0. The number of aliphatic carboxylic acids is 1. The van der Waals surface area contributed by atoms with Crippen LogP contribution in [0.2, 0.25) is 0 Å². The number of alkyl halides is 2. The Morgan fingerprint density at radius 2 is 1.94 bits per heavy atom. The molecule has 106 valence electrons. The SMILES string of the molecule is CC(CCNC(=O)N(C)CC(F)F)CCC(=O)O.